The molecule has 1 atom stereocenters. The van der Waals surface area contributed by atoms with Crippen LogP contribution < -0.4 is 9.64 Å². The van der Waals surface area contributed by atoms with E-state index in [0.717, 1.165) is 39.9 Å². The van der Waals surface area contributed by atoms with Crippen LogP contribution in [-0.2, 0) is 4.79 Å². The van der Waals surface area contributed by atoms with Gasteiger partial charge in [-0.2, -0.15) is 0 Å². The topological polar surface area (TPSA) is 58.6 Å². The number of thiazole rings is 1. The maximum atomic E-state index is 12.7. The largest absolute Gasteiger partial charge is 0.479 e. The zero-order valence-corrected chi connectivity index (χ0v) is 16.9. The van der Waals surface area contributed by atoms with Crippen LogP contribution in [0.2, 0.25) is 0 Å². The number of carbonyl (C=O) groups excluding carboxylic acids is 1. The molecule has 0 spiro atoms. The fourth-order valence-electron chi connectivity index (χ4n) is 3.11. The summed E-state index contributed by atoms with van der Waals surface area (Å²) in [4.78, 5) is 25.7. The Morgan fingerprint density at radius 2 is 2.07 bits per heavy atom. The molecular formula is C21H22N4O2S. The third kappa shape index (κ3) is 3.63. The Bertz CT molecular complexity index is 987. The van der Waals surface area contributed by atoms with Gasteiger partial charge in [-0.1, -0.05) is 6.07 Å². The highest BCUT2D eigenvalue weighted by Crippen LogP contribution is 2.38. The molecule has 4 rings (SSSR count). The first-order valence-corrected chi connectivity index (χ1v) is 10.0. The smallest absolute Gasteiger partial charge is 0.267 e. The molecule has 1 aliphatic rings. The summed E-state index contributed by atoms with van der Waals surface area (Å²) in [6, 6.07) is 11.7. The summed E-state index contributed by atoms with van der Waals surface area (Å²) in [5.74, 6) is 0.716. The van der Waals surface area contributed by atoms with Crippen LogP contribution >= 0.6 is 11.3 Å². The minimum atomic E-state index is -0.476. The molecule has 0 radical (unpaired) electrons. The molecular weight excluding hydrogens is 372 g/mol. The lowest BCUT2D eigenvalue weighted by molar-refractivity contribution is -0.125. The van der Waals surface area contributed by atoms with Gasteiger partial charge in [0.05, 0.1) is 17.1 Å². The molecule has 0 bridgehead atoms. The van der Waals surface area contributed by atoms with E-state index in [0.29, 0.717) is 6.54 Å². The molecule has 1 aromatic carbocycles. The van der Waals surface area contributed by atoms with E-state index in [4.69, 9.17) is 9.72 Å². The maximum Gasteiger partial charge on any atom is 0.267 e. The number of rotatable bonds is 5. The minimum absolute atomic E-state index is 0.0149. The van der Waals surface area contributed by atoms with Crippen molar-refractivity contribution in [3.05, 3.63) is 48.0 Å². The van der Waals surface area contributed by atoms with E-state index in [2.05, 4.69) is 9.88 Å². The zero-order valence-electron chi connectivity index (χ0n) is 16.1. The van der Waals surface area contributed by atoms with Crippen molar-refractivity contribution in [1.29, 1.82) is 0 Å². The lowest BCUT2D eigenvalue weighted by atomic mass is 10.1. The summed E-state index contributed by atoms with van der Waals surface area (Å²) < 4.78 is 5.81. The van der Waals surface area contributed by atoms with Crippen LogP contribution in [0.25, 0.3) is 22.0 Å². The van der Waals surface area contributed by atoms with Crippen molar-refractivity contribution < 1.29 is 9.53 Å². The van der Waals surface area contributed by atoms with Gasteiger partial charge in [-0.3, -0.25) is 9.78 Å². The molecule has 1 unspecified atom stereocenters. The van der Waals surface area contributed by atoms with E-state index >= 15 is 0 Å². The average Bonchev–Trinajstić information content (AvgIpc) is 3.19. The summed E-state index contributed by atoms with van der Waals surface area (Å²) in [6.07, 6.45) is 1.29. The van der Waals surface area contributed by atoms with Gasteiger partial charge in [0.2, 0.25) is 0 Å². The number of carbonyl (C=O) groups is 1. The average molecular weight is 395 g/mol. The van der Waals surface area contributed by atoms with E-state index in [1.807, 2.05) is 60.8 Å². The highest BCUT2D eigenvalue weighted by molar-refractivity contribution is 7.13. The van der Waals surface area contributed by atoms with E-state index in [1.165, 1.54) is 0 Å². The van der Waals surface area contributed by atoms with Gasteiger partial charge in [0.15, 0.2) is 6.10 Å². The number of amides is 1. The molecule has 1 aliphatic heterocycles. The van der Waals surface area contributed by atoms with Gasteiger partial charge in [-0.15, -0.1) is 11.3 Å². The van der Waals surface area contributed by atoms with Crippen molar-refractivity contribution in [2.24, 2.45) is 0 Å². The van der Waals surface area contributed by atoms with Crippen LogP contribution in [0.15, 0.2) is 48.0 Å². The standard InChI is InChI=1S/C21H22N4O2S/c1-14-21(26)25(11-10-24(2)3)18-12-15(7-8-19(18)27-14)17-13-28-20(23-17)16-6-4-5-9-22-16/h4-9,12-14H,10-11H2,1-3H3. The molecule has 0 aliphatic carbocycles. The van der Waals surface area contributed by atoms with Gasteiger partial charge in [0.25, 0.3) is 5.91 Å². The third-order valence-electron chi connectivity index (χ3n) is 4.62. The van der Waals surface area contributed by atoms with Gasteiger partial charge in [0.1, 0.15) is 10.8 Å². The predicted molar refractivity (Wildman–Crippen MR) is 112 cm³/mol. The van der Waals surface area contributed by atoms with E-state index in [9.17, 15) is 4.79 Å². The first-order valence-electron chi connectivity index (χ1n) is 9.17. The molecule has 7 heteroatoms. The summed E-state index contributed by atoms with van der Waals surface area (Å²) in [6.45, 7) is 3.19. The lowest BCUT2D eigenvalue weighted by Gasteiger charge is -2.34. The number of hydrogen-bond donors (Lipinski definition) is 0. The highest BCUT2D eigenvalue weighted by Gasteiger charge is 2.31. The Hall–Kier alpha value is -2.77. The fourth-order valence-corrected chi connectivity index (χ4v) is 3.91. The highest BCUT2D eigenvalue weighted by atomic mass is 32.1. The van der Waals surface area contributed by atoms with Crippen molar-refractivity contribution >= 4 is 22.9 Å². The van der Waals surface area contributed by atoms with Crippen LogP contribution in [-0.4, -0.2) is 54.1 Å². The third-order valence-corrected chi connectivity index (χ3v) is 5.49. The number of fused-ring (bicyclic) bond motifs is 1. The molecule has 0 saturated carbocycles. The van der Waals surface area contributed by atoms with Gasteiger partial charge < -0.3 is 14.5 Å². The number of ether oxygens (including phenoxy) is 1. The summed E-state index contributed by atoms with van der Waals surface area (Å²) in [7, 11) is 4.00. The zero-order chi connectivity index (χ0) is 19.7. The lowest BCUT2D eigenvalue weighted by Crippen LogP contribution is -2.46. The molecule has 144 valence electrons. The van der Waals surface area contributed by atoms with Crippen molar-refractivity contribution in [2.75, 3.05) is 32.1 Å². The second-order valence-corrected chi connectivity index (χ2v) is 7.85. The van der Waals surface area contributed by atoms with Crippen molar-refractivity contribution in [2.45, 2.75) is 13.0 Å². The summed E-state index contributed by atoms with van der Waals surface area (Å²) >= 11 is 1.56. The Kier molecular flexibility index (Phi) is 5.11. The van der Waals surface area contributed by atoms with Crippen LogP contribution in [0.3, 0.4) is 0 Å². The van der Waals surface area contributed by atoms with Gasteiger partial charge in [-0.05, 0) is 51.4 Å². The molecule has 3 heterocycles. The Morgan fingerprint density at radius 1 is 1.21 bits per heavy atom. The normalized spacial score (nSPS) is 16.2. The van der Waals surface area contributed by atoms with E-state index < -0.39 is 6.10 Å². The van der Waals surface area contributed by atoms with E-state index in [-0.39, 0.29) is 5.91 Å². The molecule has 3 aromatic rings. The fraction of sp³-hybridized carbons (Fsp3) is 0.286. The van der Waals surface area contributed by atoms with Crippen molar-refractivity contribution in [3.8, 4) is 27.7 Å². The molecule has 2 aromatic heterocycles. The number of likely N-dealkylation sites (N-methyl/N-ethyl adjacent to an activating group) is 1. The Labute approximate surface area is 168 Å². The number of aromatic nitrogens is 2. The molecule has 6 nitrogen and oxygen atoms in total. The molecule has 1 amide bonds. The number of anilines is 1. The van der Waals surface area contributed by atoms with Gasteiger partial charge in [-0.25, -0.2) is 4.98 Å². The molecule has 0 fully saturated rings. The Morgan fingerprint density at radius 3 is 2.82 bits per heavy atom. The van der Waals surface area contributed by atoms with Crippen molar-refractivity contribution in [1.82, 2.24) is 14.9 Å². The summed E-state index contributed by atoms with van der Waals surface area (Å²) in [5.41, 5.74) is 3.48. The first kappa shape index (κ1) is 18.6. The van der Waals surface area contributed by atoms with Gasteiger partial charge in [0, 0.05) is 30.2 Å². The first-order chi connectivity index (χ1) is 13.5. The molecule has 28 heavy (non-hydrogen) atoms. The predicted octanol–water partition coefficient (Wildman–Crippen LogP) is 3.55. The number of pyridine rings is 1. The monoisotopic (exact) mass is 394 g/mol. The number of hydrogen-bond acceptors (Lipinski definition) is 6. The minimum Gasteiger partial charge on any atom is -0.479 e. The Balaban J connectivity index is 1.68. The number of nitrogens with zero attached hydrogens (tertiary/aromatic N) is 4. The number of benzene rings is 1. The SMILES string of the molecule is CC1Oc2ccc(-c3csc(-c4ccccn4)n3)cc2N(CCN(C)C)C1=O. The van der Waals surface area contributed by atoms with Crippen LogP contribution in [0.5, 0.6) is 5.75 Å². The van der Waals surface area contributed by atoms with Crippen LogP contribution in [0.1, 0.15) is 6.92 Å². The quantitative estimate of drug-likeness (QED) is 0.662. The summed E-state index contributed by atoms with van der Waals surface area (Å²) in [5, 5.41) is 2.89. The van der Waals surface area contributed by atoms with Gasteiger partial charge >= 0.3 is 0 Å². The second-order valence-electron chi connectivity index (χ2n) is 6.99. The van der Waals surface area contributed by atoms with Crippen molar-refractivity contribution in [3.63, 3.8) is 0 Å². The molecule has 0 saturated heterocycles. The van der Waals surface area contributed by atoms with Crippen LogP contribution in [0.4, 0.5) is 5.69 Å². The second kappa shape index (κ2) is 7.69. The van der Waals surface area contributed by atoms with Crippen LogP contribution in [0, 0.1) is 0 Å². The van der Waals surface area contributed by atoms with E-state index in [1.54, 1.807) is 24.5 Å². The molecule has 0 N–H and O–H groups in total. The maximum absolute atomic E-state index is 12.7.